The molecule has 2 aromatic heterocycles. The van der Waals surface area contributed by atoms with Gasteiger partial charge in [-0.05, 0) is 47.8 Å². The molecular weight excluding hydrogens is 436 g/mol. The second kappa shape index (κ2) is 9.72. The molecule has 33 heavy (non-hydrogen) atoms. The minimum absolute atomic E-state index is 0.0249. The third-order valence-corrected chi connectivity index (χ3v) is 6.83. The Morgan fingerprint density at radius 2 is 1.85 bits per heavy atom. The van der Waals surface area contributed by atoms with Crippen LogP contribution in [0.25, 0.3) is 0 Å². The number of amides is 2. The molecule has 0 spiro atoms. The molecule has 170 valence electrons. The lowest BCUT2D eigenvalue weighted by molar-refractivity contribution is -0.123. The van der Waals surface area contributed by atoms with Crippen molar-refractivity contribution < 1.29 is 14.3 Å². The summed E-state index contributed by atoms with van der Waals surface area (Å²) in [5.74, 6) is 0.910. The van der Waals surface area contributed by atoms with Gasteiger partial charge in [0.1, 0.15) is 11.9 Å². The number of thiophene rings is 1. The topological polar surface area (TPSA) is 74.8 Å². The number of pyridine rings is 1. The summed E-state index contributed by atoms with van der Waals surface area (Å²) in [7, 11) is 0. The Labute approximate surface area is 197 Å². The predicted molar refractivity (Wildman–Crippen MR) is 128 cm³/mol. The maximum absolute atomic E-state index is 13.1. The third-order valence-electron chi connectivity index (χ3n) is 6.15. The molecule has 2 saturated heterocycles. The molecule has 0 radical (unpaired) electrons. The molecule has 8 heteroatoms. The lowest BCUT2D eigenvalue weighted by Crippen LogP contribution is -2.51. The van der Waals surface area contributed by atoms with E-state index in [2.05, 4.69) is 10.3 Å². The number of nitrogens with zero attached hydrogens (tertiary/aromatic N) is 3. The first-order valence-electron chi connectivity index (χ1n) is 11.2. The minimum Gasteiger partial charge on any atom is -0.490 e. The molecule has 2 aliphatic heterocycles. The van der Waals surface area contributed by atoms with Gasteiger partial charge in [-0.25, -0.2) is 0 Å². The number of carbonyl (C=O) groups is 2. The van der Waals surface area contributed by atoms with Crippen molar-refractivity contribution in [2.75, 3.05) is 31.1 Å². The lowest BCUT2D eigenvalue weighted by atomic mass is 10.0. The van der Waals surface area contributed by atoms with Crippen LogP contribution < -0.4 is 15.0 Å². The summed E-state index contributed by atoms with van der Waals surface area (Å²) in [4.78, 5) is 33.4. The molecule has 0 atom stereocenters. The summed E-state index contributed by atoms with van der Waals surface area (Å²) in [6.07, 6.45) is 5.07. The fourth-order valence-electron chi connectivity index (χ4n) is 4.15. The first-order chi connectivity index (χ1) is 16.2. The van der Waals surface area contributed by atoms with Gasteiger partial charge in [-0.2, -0.15) is 11.3 Å². The number of carbonyl (C=O) groups excluding carboxylic acids is 2. The molecule has 0 bridgehead atoms. The average molecular weight is 463 g/mol. The number of hydrogen-bond donors (Lipinski definition) is 1. The molecule has 4 heterocycles. The Balaban J connectivity index is 1.23. The molecule has 3 aromatic rings. The van der Waals surface area contributed by atoms with E-state index in [9.17, 15) is 9.59 Å². The first-order valence-corrected chi connectivity index (χ1v) is 12.2. The van der Waals surface area contributed by atoms with Crippen molar-refractivity contribution in [1.29, 1.82) is 0 Å². The van der Waals surface area contributed by atoms with Crippen molar-refractivity contribution in [2.24, 2.45) is 5.92 Å². The SMILES string of the molecule is O=C(c1ccsc1)N1CCC(Oc2ccc(N(C(=O)C3CNC3)c3cccnc3)cc2)CC1. The maximum atomic E-state index is 13.1. The van der Waals surface area contributed by atoms with Crippen LogP contribution in [-0.2, 0) is 4.79 Å². The highest BCUT2D eigenvalue weighted by molar-refractivity contribution is 7.08. The van der Waals surface area contributed by atoms with Crippen LogP contribution in [0, 0.1) is 5.92 Å². The smallest absolute Gasteiger partial charge is 0.254 e. The highest BCUT2D eigenvalue weighted by Crippen LogP contribution is 2.30. The number of ether oxygens (including phenoxy) is 1. The number of anilines is 2. The number of hydrogen-bond acceptors (Lipinski definition) is 6. The fourth-order valence-corrected chi connectivity index (χ4v) is 4.78. The van der Waals surface area contributed by atoms with Gasteiger partial charge >= 0.3 is 0 Å². The van der Waals surface area contributed by atoms with E-state index in [1.165, 1.54) is 0 Å². The predicted octanol–water partition coefficient (Wildman–Crippen LogP) is 3.71. The normalized spacial score (nSPS) is 16.8. The van der Waals surface area contributed by atoms with Gasteiger partial charge in [0, 0.05) is 56.3 Å². The summed E-state index contributed by atoms with van der Waals surface area (Å²) in [6.45, 7) is 2.78. The van der Waals surface area contributed by atoms with Crippen molar-refractivity contribution >= 4 is 34.5 Å². The minimum atomic E-state index is -0.0249. The Kier molecular flexibility index (Phi) is 6.37. The zero-order valence-electron chi connectivity index (χ0n) is 18.2. The van der Waals surface area contributed by atoms with Gasteiger partial charge in [-0.15, -0.1) is 0 Å². The van der Waals surface area contributed by atoms with Crippen molar-refractivity contribution in [3.8, 4) is 5.75 Å². The summed E-state index contributed by atoms with van der Waals surface area (Å²) >= 11 is 1.54. The van der Waals surface area contributed by atoms with E-state index in [1.807, 2.05) is 58.1 Å². The summed E-state index contributed by atoms with van der Waals surface area (Å²) in [5, 5.41) is 6.99. The van der Waals surface area contributed by atoms with Crippen LogP contribution in [0.15, 0.2) is 65.6 Å². The molecule has 0 unspecified atom stereocenters. The molecule has 1 N–H and O–H groups in total. The van der Waals surface area contributed by atoms with Crippen LogP contribution >= 0.6 is 11.3 Å². The summed E-state index contributed by atoms with van der Waals surface area (Å²) in [6, 6.07) is 13.3. The first kappa shape index (κ1) is 21.6. The monoisotopic (exact) mass is 462 g/mol. The largest absolute Gasteiger partial charge is 0.490 e. The zero-order chi connectivity index (χ0) is 22.6. The molecule has 5 rings (SSSR count). The molecular formula is C25H26N4O3S. The molecule has 2 aliphatic rings. The average Bonchev–Trinajstić information content (AvgIpc) is 3.35. The summed E-state index contributed by atoms with van der Waals surface area (Å²) in [5.41, 5.74) is 2.31. The highest BCUT2D eigenvalue weighted by Gasteiger charge is 2.31. The van der Waals surface area contributed by atoms with E-state index in [0.29, 0.717) is 26.2 Å². The van der Waals surface area contributed by atoms with Gasteiger partial charge in [0.25, 0.3) is 5.91 Å². The number of rotatable bonds is 6. The number of nitrogens with one attached hydrogen (secondary N) is 1. The fraction of sp³-hybridized carbons (Fsp3) is 0.320. The molecule has 2 fully saturated rings. The van der Waals surface area contributed by atoms with Crippen LogP contribution in [0.5, 0.6) is 5.75 Å². The van der Waals surface area contributed by atoms with Crippen molar-refractivity contribution in [3.63, 3.8) is 0 Å². The van der Waals surface area contributed by atoms with E-state index in [1.54, 1.807) is 28.6 Å². The van der Waals surface area contributed by atoms with E-state index < -0.39 is 0 Å². The zero-order valence-corrected chi connectivity index (χ0v) is 19.0. The van der Waals surface area contributed by atoms with Gasteiger partial charge < -0.3 is 15.0 Å². The van der Waals surface area contributed by atoms with E-state index in [0.717, 1.165) is 35.5 Å². The third kappa shape index (κ3) is 4.77. The van der Waals surface area contributed by atoms with Crippen LogP contribution in [0.1, 0.15) is 23.2 Å². The second-order valence-corrected chi connectivity index (χ2v) is 9.14. The van der Waals surface area contributed by atoms with Crippen LogP contribution in [0.3, 0.4) is 0 Å². The van der Waals surface area contributed by atoms with Gasteiger partial charge in [-0.3, -0.25) is 19.5 Å². The number of piperidine rings is 1. The van der Waals surface area contributed by atoms with E-state index >= 15 is 0 Å². The van der Waals surface area contributed by atoms with Gasteiger partial charge in [0.2, 0.25) is 5.91 Å². The number of aromatic nitrogens is 1. The maximum Gasteiger partial charge on any atom is 0.254 e. The quantitative estimate of drug-likeness (QED) is 0.605. The lowest BCUT2D eigenvalue weighted by Gasteiger charge is -2.33. The number of likely N-dealkylation sites (tertiary alicyclic amines) is 1. The van der Waals surface area contributed by atoms with E-state index in [4.69, 9.17) is 4.74 Å². The van der Waals surface area contributed by atoms with E-state index in [-0.39, 0.29) is 23.8 Å². The van der Waals surface area contributed by atoms with Crippen LogP contribution in [0.2, 0.25) is 0 Å². The van der Waals surface area contributed by atoms with Crippen molar-refractivity contribution in [2.45, 2.75) is 18.9 Å². The van der Waals surface area contributed by atoms with Crippen molar-refractivity contribution in [1.82, 2.24) is 15.2 Å². The van der Waals surface area contributed by atoms with Gasteiger partial charge in [0.05, 0.1) is 23.4 Å². The Hall–Kier alpha value is -3.23. The second-order valence-electron chi connectivity index (χ2n) is 8.36. The molecule has 0 saturated carbocycles. The number of benzene rings is 1. The van der Waals surface area contributed by atoms with Crippen LogP contribution in [0.4, 0.5) is 11.4 Å². The molecule has 7 nitrogen and oxygen atoms in total. The van der Waals surface area contributed by atoms with Crippen molar-refractivity contribution in [3.05, 3.63) is 71.2 Å². The standard InChI is InChI=1S/C25H26N4O3S/c30-24(18-9-13-33-17-18)28-11-7-23(8-12-28)32-22-5-3-20(4-6-22)29(21-2-1-10-26-16-21)25(31)19-14-27-15-19/h1-6,9-10,13,16-17,19,23,27H,7-8,11-12,14-15H2. The highest BCUT2D eigenvalue weighted by atomic mass is 32.1. The summed E-state index contributed by atoms with van der Waals surface area (Å²) < 4.78 is 6.19. The Morgan fingerprint density at radius 1 is 1.06 bits per heavy atom. The van der Waals surface area contributed by atoms with Gasteiger partial charge in [0.15, 0.2) is 0 Å². The Bertz CT molecular complexity index is 1080. The molecule has 1 aromatic carbocycles. The Morgan fingerprint density at radius 3 is 2.45 bits per heavy atom. The molecule has 0 aliphatic carbocycles. The molecule has 2 amide bonds. The van der Waals surface area contributed by atoms with Gasteiger partial charge in [-0.1, -0.05) is 0 Å². The van der Waals surface area contributed by atoms with Crippen LogP contribution in [-0.4, -0.2) is 54.0 Å².